The number of aliphatic hydroxyl groups excluding tert-OH is 2. The first-order valence-electron chi connectivity index (χ1n) is 6.10. The van der Waals surface area contributed by atoms with Crippen LogP contribution < -0.4 is 0 Å². The van der Waals surface area contributed by atoms with Crippen molar-refractivity contribution in [3.8, 4) is 0 Å². The van der Waals surface area contributed by atoms with E-state index in [0.29, 0.717) is 6.42 Å². The van der Waals surface area contributed by atoms with Crippen LogP contribution >= 0.6 is 0 Å². The molecule has 0 heterocycles. The zero-order valence-corrected chi connectivity index (χ0v) is 10.2. The van der Waals surface area contributed by atoms with Crippen molar-refractivity contribution >= 4 is 0 Å². The Bertz CT molecular complexity index is 148. The Morgan fingerprint density at radius 1 is 0.867 bits per heavy atom. The second-order valence-electron chi connectivity index (χ2n) is 4.34. The Morgan fingerprint density at radius 2 is 1.40 bits per heavy atom. The lowest BCUT2D eigenvalue weighted by molar-refractivity contribution is -0.0950. The second-order valence-corrected chi connectivity index (χ2v) is 4.34. The van der Waals surface area contributed by atoms with Crippen LogP contribution in [0.15, 0.2) is 0 Å². The Balaban J connectivity index is 4.16. The molecular formula is C12H26O3. The molecule has 0 saturated heterocycles. The molecular weight excluding hydrogens is 192 g/mol. The third-order valence-corrected chi connectivity index (χ3v) is 3.20. The molecule has 3 nitrogen and oxygen atoms in total. The molecule has 0 spiro atoms. The van der Waals surface area contributed by atoms with Crippen molar-refractivity contribution in [3.05, 3.63) is 0 Å². The van der Waals surface area contributed by atoms with E-state index in [1.54, 1.807) is 0 Å². The van der Waals surface area contributed by atoms with Gasteiger partial charge < -0.3 is 15.3 Å². The molecule has 3 atom stereocenters. The first-order chi connectivity index (χ1) is 7.06. The highest BCUT2D eigenvalue weighted by Gasteiger charge is 2.23. The van der Waals surface area contributed by atoms with Gasteiger partial charge in [-0.1, -0.05) is 33.6 Å². The van der Waals surface area contributed by atoms with E-state index in [9.17, 15) is 5.11 Å². The molecule has 0 amide bonds. The van der Waals surface area contributed by atoms with Crippen molar-refractivity contribution in [2.45, 2.75) is 65.3 Å². The molecule has 0 fully saturated rings. The second kappa shape index (κ2) is 8.08. The molecule has 92 valence electrons. The minimum Gasteiger partial charge on any atom is -0.393 e. The fourth-order valence-electron chi connectivity index (χ4n) is 2.02. The van der Waals surface area contributed by atoms with Gasteiger partial charge in [-0.05, 0) is 25.2 Å². The minimum atomic E-state index is -1.25. The summed E-state index contributed by atoms with van der Waals surface area (Å²) in [5.41, 5.74) is 0. The molecule has 0 aliphatic heterocycles. The summed E-state index contributed by atoms with van der Waals surface area (Å²) in [5, 5.41) is 28.2. The van der Waals surface area contributed by atoms with E-state index < -0.39 is 6.29 Å². The number of rotatable bonds is 8. The van der Waals surface area contributed by atoms with Gasteiger partial charge in [-0.15, -0.1) is 0 Å². The van der Waals surface area contributed by atoms with Gasteiger partial charge in [0.25, 0.3) is 0 Å². The highest BCUT2D eigenvalue weighted by atomic mass is 16.5. The van der Waals surface area contributed by atoms with Crippen LogP contribution in [0.4, 0.5) is 0 Å². The molecule has 0 rings (SSSR count). The predicted molar refractivity (Wildman–Crippen MR) is 61.3 cm³/mol. The molecule has 0 aromatic rings. The normalized spacial score (nSPS) is 17.8. The SMILES string of the molecule is CCCC(O)C(CC)CC(CC)C(O)O. The van der Waals surface area contributed by atoms with Crippen molar-refractivity contribution in [2.75, 3.05) is 0 Å². The average molecular weight is 218 g/mol. The highest BCUT2D eigenvalue weighted by molar-refractivity contribution is 4.72. The van der Waals surface area contributed by atoms with Gasteiger partial charge in [-0.3, -0.25) is 0 Å². The predicted octanol–water partition coefficient (Wildman–Crippen LogP) is 1.90. The first-order valence-corrected chi connectivity index (χ1v) is 6.10. The topological polar surface area (TPSA) is 60.7 Å². The van der Waals surface area contributed by atoms with Gasteiger partial charge in [0, 0.05) is 5.92 Å². The van der Waals surface area contributed by atoms with Crippen molar-refractivity contribution in [2.24, 2.45) is 11.8 Å². The van der Waals surface area contributed by atoms with Crippen LogP contribution in [-0.2, 0) is 0 Å². The molecule has 15 heavy (non-hydrogen) atoms. The maximum absolute atomic E-state index is 9.87. The van der Waals surface area contributed by atoms with Gasteiger partial charge in [-0.25, -0.2) is 0 Å². The molecule has 0 radical (unpaired) electrons. The fourth-order valence-corrected chi connectivity index (χ4v) is 2.02. The van der Waals surface area contributed by atoms with Crippen molar-refractivity contribution in [1.29, 1.82) is 0 Å². The van der Waals surface area contributed by atoms with Gasteiger partial charge in [0.05, 0.1) is 6.10 Å². The Kier molecular flexibility index (Phi) is 8.02. The van der Waals surface area contributed by atoms with E-state index in [1.807, 2.05) is 20.8 Å². The summed E-state index contributed by atoms with van der Waals surface area (Å²) in [5.74, 6) is 0.0816. The number of aliphatic hydroxyl groups is 3. The lowest BCUT2D eigenvalue weighted by Gasteiger charge is -2.26. The van der Waals surface area contributed by atoms with E-state index in [0.717, 1.165) is 25.7 Å². The van der Waals surface area contributed by atoms with E-state index in [-0.39, 0.29) is 17.9 Å². The zero-order chi connectivity index (χ0) is 11.8. The molecule has 0 aromatic heterocycles. The molecule has 3 heteroatoms. The van der Waals surface area contributed by atoms with Crippen LogP contribution in [-0.4, -0.2) is 27.7 Å². The lowest BCUT2D eigenvalue weighted by atomic mass is 9.85. The third kappa shape index (κ3) is 5.50. The van der Waals surface area contributed by atoms with Crippen molar-refractivity contribution < 1.29 is 15.3 Å². The van der Waals surface area contributed by atoms with Crippen LogP contribution in [0.2, 0.25) is 0 Å². The molecule has 3 unspecified atom stereocenters. The fraction of sp³-hybridized carbons (Fsp3) is 1.00. The van der Waals surface area contributed by atoms with Gasteiger partial charge in [0.1, 0.15) is 0 Å². The molecule has 0 bridgehead atoms. The van der Waals surface area contributed by atoms with Crippen LogP contribution in [0.5, 0.6) is 0 Å². The van der Waals surface area contributed by atoms with Crippen molar-refractivity contribution in [3.63, 3.8) is 0 Å². The summed E-state index contributed by atoms with van der Waals surface area (Å²) in [6.45, 7) is 6.04. The minimum absolute atomic E-state index is 0.110. The van der Waals surface area contributed by atoms with Crippen LogP contribution in [0.3, 0.4) is 0 Å². The Morgan fingerprint density at radius 3 is 1.73 bits per heavy atom. The Labute approximate surface area is 93.1 Å². The Hall–Kier alpha value is -0.120. The summed E-state index contributed by atoms with van der Waals surface area (Å²) in [6.07, 6.45) is 2.56. The highest BCUT2D eigenvalue weighted by Crippen LogP contribution is 2.25. The zero-order valence-electron chi connectivity index (χ0n) is 10.2. The average Bonchev–Trinajstić information content (AvgIpc) is 2.19. The quantitative estimate of drug-likeness (QED) is 0.545. The summed E-state index contributed by atoms with van der Waals surface area (Å²) >= 11 is 0. The maximum Gasteiger partial charge on any atom is 0.154 e. The molecule has 3 N–H and O–H groups in total. The summed E-state index contributed by atoms with van der Waals surface area (Å²) in [7, 11) is 0. The van der Waals surface area contributed by atoms with E-state index >= 15 is 0 Å². The third-order valence-electron chi connectivity index (χ3n) is 3.20. The van der Waals surface area contributed by atoms with Gasteiger partial charge >= 0.3 is 0 Å². The smallest absolute Gasteiger partial charge is 0.154 e. The molecule has 0 saturated carbocycles. The van der Waals surface area contributed by atoms with Crippen LogP contribution in [0.25, 0.3) is 0 Å². The van der Waals surface area contributed by atoms with Gasteiger partial charge in [-0.2, -0.15) is 0 Å². The first kappa shape index (κ1) is 14.9. The largest absolute Gasteiger partial charge is 0.393 e. The lowest BCUT2D eigenvalue weighted by Crippen LogP contribution is -2.27. The number of hydrogen-bond donors (Lipinski definition) is 3. The standard InChI is InChI=1S/C12H26O3/c1-4-7-11(13)9(5-2)8-10(6-3)12(14)15/h9-15H,4-8H2,1-3H3. The molecule has 0 aliphatic carbocycles. The molecule has 0 aromatic carbocycles. The summed E-state index contributed by atoms with van der Waals surface area (Å²) in [4.78, 5) is 0. The summed E-state index contributed by atoms with van der Waals surface area (Å²) < 4.78 is 0. The molecule has 0 aliphatic rings. The van der Waals surface area contributed by atoms with E-state index in [1.165, 1.54) is 0 Å². The van der Waals surface area contributed by atoms with Crippen LogP contribution in [0.1, 0.15) is 52.9 Å². The van der Waals surface area contributed by atoms with Gasteiger partial charge in [0.15, 0.2) is 6.29 Å². The van der Waals surface area contributed by atoms with Gasteiger partial charge in [0.2, 0.25) is 0 Å². The van der Waals surface area contributed by atoms with E-state index in [4.69, 9.17) is 10.2 Å². The monoisotopic (exact) mass is 218 g/mol. The summed E-state index contributed by atoms with van der Waals surface area (Å²) in [6, 6.07) is 0. The van der Waals surface area contributed by atoms with Crippen LogP contribution in [0, 0.1) is 11.8 Å². The number of hydrogen-bond acceptors (Lipinski definition) is 3. The maximum atomic E-state index is 9.87. The van der Waals surface area contributed by atoms with E-state index in [2.05, 4.69) is 0 Å². The van der Waals surface area contributed by atoms with Crippen molar-refractivity contribution in [1.82, 2.24) is 0 Å².